The third kappa shape index (κ3) is 6.38. The summed E-state index contributed by atoms with van der Waals surface area (Å²) in [5.41, 5.74) is 1.93. The van der Waals surface area contributed by atoms with Crippen molar-refractivity contribution in [2.45, 2.75) is 26.0 Å². The molecule has 0 saturated carbocycles. The molecule has 0 aromatic heterocycles. The summed E-state index contributed by atoms with van der Waals surface area (Å²) in [7, 11) is -1.62. The highest BCUT2D eigenvalue weighted by molar-refractivity contribution is 7.89. The zero-order chi connectivity index (χ0) is 14.1. The number of hydrogen-bond acceptors (Lipinski definition) is 3. The Morgan fingerprint density at radius 2 is 1.89 bits per heavy atom. The summed E-state index contributed by atoms with van der Waals surface area (Å²) in [6, 6.07) is 7.62. The highest BCUT2D eigenvalue weighted by Crippen LogP contribution is 2.10. The van der Waals surface area contributed by atoms with E-state index in [0.29, 0.717) is 31.9 Å². The lowest BCUT2D eigenvalue weighted by molar-refractivity contribution is 0.184. The second kappa shape index (κ2) is 8.53. The average molecular weight is 306 g/mol. The minimum absolute atomic E-state index is 0.117. The molecule has 0 bridgehead atoms. The number of ether oxygens (including phenoxy) is 1. The lowest BCUT2D eigenvalue weighted by atomic mass is 10.1. The predicted octanol–water partition coefficient (Wildman–Crippen LogP) is 2.27. The molecule has 0 saturated heterocycles. The second-order valence-corrected chi connectivity index (χ2v) is 6.54. The third-order valence-electron chi connectivity index (χ3n) is 2.70. The Bertz CT molecular complexity index is 477. The molecule has 0 spiro atoms. The van der Waals surface area contributed by atoms with E-state index in [2.05, 4.69) is 4.72 Å². The van der Waals surface area contributed by atoms with Crippen molar-refractivity contribution in [3.63, 3.8) is 0 Å². The van der Waals surface area contributed by atoms with Crippen LogP contribution in [0.15, 0.2) is 24.3 Å². The van der Waals surface area contributed by atoms with Gasteiger partial charge in [0.25, 0.3) is 0 Å². The first-order valence-corrected chi connectivity index (χ1v) is 8.37. The zero-order valence-electron chi connectivity index (χ0n) is 11.1. The van der Waals surface area contributed by atoms with Gasteiger partial charge in [0.15, 0.2) is 0 Å². The van der Waals surface area contributed by atoms with Gasteiger partial charge in [-0.25, -0.2) is 13.1 Å². The van der Waals surface area contributed by atoms with Gasteiger partial charge in [0.2, 0.25) is 10.0 Å². The summed E-state index contributed by atoms with van der Waals surface area (Å²) in [6.07, 6.45) is 1.29. The van der Waals surface area contributed by atoms with E-state index in [0.717, 1.165) is 11.1 Å². The summed E-state index contributed by atoms with van der Waals surface area (Å²) in [5.74, 6) is 0.609. The van der Waals surface area contributed by atoms with Crippen molar-refractivity contribution in [2.75, 3.05) is 18.7 Å². The molecule has 6 heteroatoms. The van der Waals surface area contributed by atoms with Crippen molar-refractivity contribution in [1.29, 1.82) is 0 Å². The molecular weight excluding hydrogens is 286 g/mol. The van der Waals surface area contributed by atoms with Gasteiger partial charge in [0, 0.05) is 19.5 Å². The molecule has 1 N–H and O–H groups in total. The molecule has 4 nitrogen and oxygen atoms in total. The van der Waals surface area contributed by atoms with Crippen LogP contribution in [-0.2, 0) is 27.9 Å². The number of halogens is 1. The Balaban J connectivity index is 2.56. The Kier molecular flexibility index (Phi) is 7.38. The van der Waals surface area contributed by atoms with Gasteiger partial charge in [-0.15, -0.1) is 11.6 Å². The molecule has 0 aliphatic carbocycles. The van der Waals surface area contributed by atoms with E-state index >= 15 is 0 Å². The van der Waals surface area contributed by atoms with Gasteiger partial charge in [0.05, 0.1) is 12.4 Å². The molecule has 19 heavy (non-hydrogen) atoms. The van der Waals surface area contributed by atoms with Crippen LogP contribution in [0.4, 0.5) is 0 Å². The number of sulfonamides is 1. The SMILES string of the molecule is COCc1ccccc1CNS(=O)(=O)CCCCCl. The molecular formula is C13H20ClNO3S. The number of benzene rings is 1. The Morgan fingerprint density at radius 1 is 1.21 bits per heavy atom. The maximum absolute atomic E-state index is 11.8. The molecule has 0 atom stereocenters. The Labute approximate surface area is 120 Å². The van der Waals surface area contributed by atoms with Crippen LogP contribution in [0.3, 0.4) is 0 Å². The summed E-state index contributed by atoms with van der Waals surface area (Å²) >= 11 is 5.53. The molecule has 0 aliphatic rings. The first-order valence-electron chi connectivity index (χ1n) is 6.18. The number of nitrogens with one attached hydrogen (secondary N) is 1. The van der Waals surface area contributed by atoms with E-state index < -0.39 is 10.0 Å². The number of methoxy groups -OCH3 is 1. The first-order chi connectivity index (χ1) is 9.09. The number of rotatable bonds is 9. The fourth-order valence-corrected chi connectivity index (χ4v) is 2.97. The molecule has 1 aromatic rings. The van der Waals surface area contributed by atoms with E-state index in [1.807, 2.05) is 24.3 Å². The van der Waals surface area contributed by atoms with Crippen molar-refractivity contribution in [3.05, 3.63) is 35.4 Å². The van der Waals surface area contributed by atoms with Crippen molar-refractivity contribution in [1.82, 2.24) is 4.72 Å². The third-order valence-corrected chi connectivity index (χ3v) is 4.38. The molecule has 0 heterocycles. The van der Waals surface area contributed by atoms with Gasteiger partial charge in [0.1, 0.15) is 0 Å². The highest BCUT2D eigenvalue weighted by Gasteiger charge is 2.10. The van der Waals surface area contributed by atoms with Crippen LogP contribution in [0.1, 0.15) is 24.0 Å². The maximum Gasteiger partial charge on any atom is 0.211 e. The number of alkyl halides is 1. The van der Waals surface area contributed by atoms with Gasteiger partial charge < -0.3 is 4.74 Å². The lowest BCUT2D eigenvalue weighted by Crippen LogP contribution is -2.26. The van der Waals surface area contributed by atoms with Crippen LogP contribution in [0, 0.1) is 0 Å². The van der Waals surface area contributed by atoms with E-state index in [-0.39, 0.29) is 5.75 Å². The minimum atomic E-state index is -3.23. The fourth-order valence-electron chi connectivity index (χ4n) is 1.67. The fraction of sp³-hybridized carbons (Fsp3) is 0.538. The van der Waals surface area contributed by atoms with Crippen LogP contribution in [0.2, 0.25) is 0 Å². The second-order valence-electron chi connectivity index (χ2n) is 4.24. The van der Waals surface area contributed by atoms with Crippen LogP contribution in [0.25, 0.3) is 0 Å². The van der Waals surface area contributed by atoms with Crippen LogP contribution < -0.4 is 4.72 Å². The predicted molar refractivity (Wildman–Crippen MR) is 77.7 cm³/mol. The van der Waals surface area contributed by atoms with Gasteiger partial charge in [-0.3, -0.25) is 0 Å². The van der Waals surface area contributed by atoms with Crippen molar-refractivity contribution in [3.8, 4) is 0 Å². The molecule has 0 unspecified atom stereocenters. The summed E-state index contributed by atoms with van der Waals surface area (Å²) in [4.78, 5) is 0. The average Bonchev–Trinajstić information content (AvgIpc) is 2.38. The van der Waals surface area contributed by atoms with Crippen molar-refractivity contribution < 1.29 is 13.2 Å². The molecule has 0 radical (unpaired) electrons. The summed E-state index contributed by atoms with van der Waals surface area (Å²) in [5, 5.41) is 0. The molecule has 1 rings (SSSR count). The maximum atomic E-state index is 11.8. The van der Waals surface area contributed by atoms with Gasteiger partial charge in [-0.1, -0.05) is 24.3 Å². The minimum Gasteiger partial charge on any atom is -0.380 e. The van der Waals surface area contributed by atoms with E-state index in [1.54, 1.807) is 7.11 Å². The smallest absolute Gasteiger partial charge is 0.211 e. The highest BCUT2D eigenvalue weighted by atomic mass is 35.5. The summed E-state index contributed by atoms with van der Waals surface area (Å²) < 4.78 is 31.2. The van der Waals surface area contributed by atoms with Crippen molar-refractivity contribution >= 4 is 21.6 Å². The van der Waals surface area contributed by atoms with E-state index in [1.165, 1.54) is 0 Å². The monoisotopic (exact) mass is 305 g/mol. The van der Waals surface area contributed by atoms with Gasteiger partial charge >= 0.3 is 0 Å². The van der Waals surface area contributed by atoms with Crippen LogP contribution >= 0.6 is 11.6 Å². The molecule has 1 aromatic carbocycles. The lowest BCUT2D eigenvalue weighted by Gasteiger charge is -2.10. The number of hydrogen-bond donors (Lipinski definition) is 1. The Hall–Kier alpha value is -0.620. The van der Waals surface area contributed by atoms with Gasteiger partial charge in [-0.2, -0.15) is 0 Å². The zero-order valence-corrected chi connectivity index (χ0v) is 12.6. The van der Waals surface area contributed by atoms with Crippen molar-refractivity contribution in [2.24, 2.45) is 0 Å². The first kappa shape index (κ1) is 16.4. The van der Waals surface area contributed by atoms with Crippen LogP contribution in [0.5, 0.6) is 0 Å². The Morgan fingerprint density at radius 3 is 2.53 bits per heavy atom. The quantitative estimate of drug-likeness (QED) is 0.562. The molecule has 108 valence electrons. The summed E-state index contributed by atoms with van der Waals surface area (Å²) in [6.45, 7) is 0.771. The molecule has 0 aliphatic heterocycles. The largest absolute Gasteiger partial charge is 0.380 e. The van der Waals surface area contributed by atoms with E-state index in [9.17, 15) is 8.42 Å². The normalized spacial score (nSPS) is 11.7. The molecule has 0 fully saturated rings. The topological polar surface area (TPSA) is 55.4 Å². The number of unbranched alkanes of at least 4 members (excludes halogenated alkanes) is 1. The standard InChI is InChI=1S/C13H20ClNO3S/c1-18-11-13-7-3-2-6-12(13)10-15-19(16,17)9-5-4-8-14/h2-3,6-7,15H,4-5,8-11H2,1H3. The molecule has 0 amide bonds. The van der Waals surface area contributed by atoms with Crippen LogP contribution in [-0.4, -0.2) is 27.2 Å². The van der Waals surface area contributed by atoms with E-state index in [4.69, 9.17) is 16.3 Å². The van der Waals surface area contributed by atoms with Gasteiger partial charge in [-0.05, 0) is 24.0 Å².